The molecule has 2 unspecified atom stereocenters. The van der Waals surface area contributed by atoms with Gasteiger partial charge < -0.3 is 19.6 Å². The van der Waals surface area contributed by atoms with Gasteiger partial charge in [0.25, 0.3) is 0 Å². The van der Waals surface area contributed by atoms with Gasteiger partial charge in [-0.05, 0) is 232 Å². The fourth-order valence-electron chi connectivity index (χ4n) is 22.5. The zero-order chi connectivity index (χ0) is 87.0. The fourth-order valence-corrected chi connectivity index (χ4v) is 25.2. The van der Waals surface area contributed by atoms with Gasteiger partial charge in [-0.25, -0.2) is 0 Å². The van der Waals surface area contributed by atoms with Crippen LogP contribution in [0.4, 0.5) is 68.2 Å². The molecule has 0 N–H and O–H groups in total. The Morgan fingerprint density at radius 2 is 0.462 bits per heavy atom. The lowest BCUT2D eigenvalue weighted by molar-refractivity contribution is 0.801. The lowest BCUT2D eigenvalue weighted by atomic mass is 9.69. The average Bonchev–Trinajstić information content (AvgIpc) is 1.49. The van der Waals surface area contributed by atoms with Crippen molar-refractivity contribution in [3.05, 3.63) is 542 Å². The molecule has 618 valence electrons. The molecule has 0 radical (unpaired) electrons. The molecule has 4 aliphatic rings. The zero-order valence-electron chi connectivity index (χ0n) is 71.9. The SMILES string of the molecule is c1ccc(-c2ccc(N(c3ccccc3-c3ccccc3)c3cccc4c3-c3ccccc3C43c4c(cccc4N(c4ccccc4)c4ccc(-c5ccc6c7c(sc6c5)-c5c(N(c6ccc(-c8ccccc8)cc6)c6ccccc6-c6ccccc6)cccc5C75c6ccccc6-c6c(N(c7ccccc7)c7ccccc7)cccc65)cc4)-c4sc5ccccc5c43)cc2)cc1. The second-order valence-corrected chi connectivity index (χ2v) is 36.8. The van der Waals surface area contributed by atoms with Crippen LogP contribution in [0.25, 0.3) is 119 Å². The topological polar surface area (TPSA) is 13.0 Å². The highest BCUT2D eigenvalue weighted by Gasteiger charge is 2.58. The fraction of sp³-hybridized carbons (Fsp3) is 0.0159. The third kappa shape index (κ3) is 11.8. The van der Waals surface area contributed by atoms with Gasteiger partial charge in [-0.1, -0.05) is 376 Å². The summed E-state index contributed by atoms with van der Waals surface area (Å²) in [6, 6.07) is 186. The molecule has 132 heavy (non-hydrogen) atoms. The van der Waals surface area contributed by atoms with Crippen molar-refractivity contribution in [2.24, 2.45) is 0 Å². The predicted octanol–water partition coefficient (Wildman–Crippen LogP) is 35.0. The van der Waals surface area contributed by atoms with Crippen molar-refractivity contribution >= 4 is 111 Å². The van der Waals surface area contributed by atoms with E-state index in [-0.39, 0.29) is 0 Å². The summed E-state index contributed by atoms with van der Waals surface area (Å²) in [5, 5.41) is 2.52. The number of anilines is 12. The molecule has 4 aliphatic carbocycles. The molecule has 22 aromatic rings. The Morgan fingerprint density at radius 1 is 0.159 bits per heavy atom. The summed E-state index contributed by atoms with van der Waals surface area (Å²) in [5.74, 6) is 0. The molecule has 6 heteroatoms. The molecule has 2 aromatic heterocycles. The molecule has 20 aromatic carbocycles. The van der Waals surface area contributed by atoms with Gasteiger partial charge in [-0.3, -0.25) is 0 Å². The second kappa shape index (κ2) is 31.2. The van der Waals surface area contributed by atoms with E-state index in [0.717, 1.165) is 107 Å². The van der Waals surface area contributed by atoms with Gasteiger partial charge in [0, 0.05) is 86.7 Å². The highest BCUT2D eigenvalue weighted by Crippen LogP contribution is 2.72. The largest absolute Gasteiger partial charge is 0.310 e. The lowest BCUT2D eigenvalue weighted by Crippen LogP contribution is -2.28. The quantitative estimate of drug-likeness (QED) is 0.0901. The Kier molecular flexibility index (Phi) is 18.1. The first-order chi connectivity index (χ1) is 65.5. The van der Waals surface area contributed by atoms with E-state index in [1.54, 1.807) is 0 Å². The molecule has 2 heterocycles. The molecule has 0 saturated carbocycles. The molecule has 2 spiro atoms. The van der Waals surface area contributed by atoms with Crippen LogP contribution in [0.3, 0.4) is 0 Å². The lowest BCUT2D eigenvalue weighted by Gasteiger charge is -2.36. The first-order valence-electron chi connectivity index (χ1n) is 45.4. The van der Waals surface area contributed by atoms with Crippen molar-refractivity contribution in [2.45, 2.75) is 10.8 Å². The van der Waals surface area contributed by atoms with Crippen LogP contribution >= 0.6 is 22.7 Å². The normalized spacial score (nSPS) is 14.3. The number of fused-ring (bicyclic) bond motifs is 24. The third-order valence-corrected chi connectivity index (χ3v) is 30.2. The molecule has 2 atom stereocenters. The van der Waals surface area contributed by atoms with Gasteiger partial charge in [0.1, 0.15) is 0 Å². The Morgan fingerprint density at radius 3 is 0.970 bits per heavy atom. The van der Waals surface area contributed by atoms with Crippen LogP contribution in [0.5, 0.6) is 0 Å². The summed E-state index contributed by atoms with van der Waals surface area (Å²) in [5.41, 5.74) is 40.8. The van der Waals surface area contributed by atoms with Gasteiger partial charge in [0.15, 0.2) is 0 Å². The average molecular weight is 1720 g/mol. The maximum absolute atomic E-state index is 2.56. The third-order valence-electron chi connectivity index (χ3n) is 27.9. The predicted molar refractivity (Wildman–Crippen MR) is 556 cm³/mol. The van der Waals surface area contributed by atoms with E-state index in [0.29, 0.717) is 0 Å². The first-order valence-corrected chi connectivity index (χ1v) is 47.1. The minimum atomic E-state index is -0.789. The number of hydrogen-bond acceptors (Lipinski definition) is 6. The molecular formula is C126H82N4S2. The van der Waals surface area contributed by atoms with Crippen molar-refractivity contribution in [1.82, 2.24) is 0 Å². The monoisotopic (exact) mass is 1710 g/mol. The van der Waals surface area contributed by atoms with Crippen molar-refractivity contribution in [3.8, 4) is 98.8 Å². The number of para-hydroxylation sites is 5. The number of hydrogen-bond donors (Lipinski definition) is 0. The Balaban J connectivity index is 0.661. The van der Waals surface area contributed by atoms with Gasteiger partial charge in [0.05, 0.1) is 45.0 Å². The van der Waals surface area contributed by atoms with Gasteiger partial charge in [-0.2, -0.15) is 0 Å². The van der Waals surface area contributed by atoms with E-state index in [9.17, 15) is 0 Å². The molecule has 0 bridgehead atoms. The van der Waals surface area contributed by atoms with E-state index >= 15 is 0 Å². The summed E-state index contributed by atoms with van der Waals surface area (Å²) in [7, 11) is 0. The molecule has 0 fully saturated rings. The Bertz CT molecular complexity index is 8200. The summed E-state index contributed by atoms with van der Waals surface area (Å²) >= 11 is 3.86. The molecule has 0 amide bonds. The summed E-state index contributed by atoms with van der Waals surface area (Å²) in [6.45, 7) is 0. The minimum Gasteiger partial charge on any atom is -0.310 e. The van der Waals surface area contributed by atoms with Gasteiger partial charge >= 0.3 is 0 Å². The standard InChI is InChI=1S/C126H82N4S2/c1-8-36-83(37-9-1)85-68-77-95(78-69-85)129(109-61-29-24-50-97(109)88-40-12-3-13-41-88)112-64-34-59-107-118(112)100-53-23-28-57-105(100)126(107)120-103(123-121(126)101-54-26-31-67-115(101)131-123)55-32-66-114(120)128(93-48-20-7-21-49-93)94-75-72-87(73-76-94)90-74-81-102-116(82-90)132-124-119-108(60-35-65-113(119)130(96-79-70-86(71-80-96)84-38-10-2-11-39-84)110-62-30-25-51-98(110)89-42-14-4-15-43-89)125(122(102)124)104-56-27-22-52-99(104)117-106(125)58-33-63-111(117)127(91-44-16-5-17-45-91)92-46-18-6-19-47-92/h1-82H. The van der Waals surface area contributed by atoms with E-state index in [4.69, 9.17) is 0 Å². The Hall–Kier alpha value is -16.5. The molecular weight excluding hydrogens is 1630 g/mol. The van der Waals surface area contributed by atoms with Gasteiger partial charge in [0.2, 0.25) is 0 Å². The van der Waals surface area contributed by atoms with Crippen LogP contribution in [-0.2, 0) is 10.8 Å². The number of nitrogens with zero attached hydrogens (tertiary/aromatic N) is 4. The Labute approximate surface area is 776 Å². The van der Waals surface area contributed by atoms with Crippen LogP contribution in [0.2, 0.25) is 0 Å². The van der Waals surface area contributed by atoms with Crippen LogP contribution in [0.15, 0.2) is 497 Å². The number of thiophene rings is 2. The van der Waals surface area contributed by atoms with Gasteiger partial charge in [-0.15, -0.1) is 22.7 Å². The second-order valence-electron chi connectivity index (χ2n) is 34.7. The maximum Gasteiger partial charge on any atom is 0.0761 e. The molecule has 4 nitrogen and oxygen atoms in total. The van der Waals surface area contributed by atoms with Crippen molar-refractivity contribution < 1.29 is 0 Å². The summed E-state index contributed by atoms with van der Waals surface area (Å²) in [4.78, 5) is 12.7. The highest BCUT2D eigenvalue weighted by atomic mass is 32.1. The van der Waals surface area contributed by atoms with Crippen molar-refractivity contribution in [2.75, 3.05) is 19.6 Å². The summed E-state index contributed by atoms with van der Waals surface area (Å²) in [6.07, 6.45) is 0. The number of benzene rings is 20. The molecule has 0 saturated heterocycles. The van der Waals surface area contributed by atoms with E-state index < -0.39 is 10.8 Å². The van der Waals surface area contributed by atoms with E-state index in [2.05, 4.69) is 517 Å². The van der Waals surface area contributed by atoms with Crippen LogP contribution in [0.1, 0.15) is 44.5 Å². The maximum atomic E-state index is 2.56. The first kappa shape index (κ1) is 76.7. The zero-order valence-corrected chi connectivity index (χ0v) is 73.6. The van der Waals surface area contributed by atoms with Crippen LogP contribution < -0.4 is 19.6 Å². The van der Waals surface area contributed by atoms with Crippen LogP contribution in [0, 0.1) is 0 Å². The molecule has 26 rings (SSSR count). The van der Waals surface area contributed by atoms with Crippen molar-refractivity contribution in [1.29, 1.82) is 0 Å². The van der Waals surface area contributed by atoms with Crippen molar-refractivity contribution in [3.63, 3.8) is 0 Å². The highest BCUT2D eigenvalue weighted by molar-refractivity contribution is 7.23. The smallest absolute Gasteiger partial charge is 0.0761 e. The molecule has 0 aliphatic heterocycles. The minimum absolute atomic E-state index is 0.768. The summed E-state index contributed by atoms with van der Waals surface area (Å²) < 4.78 is 2.50. The van der Waals surface area contributed by atoms with E-state index in [1.807, 2.05) is 22.7 Å². The number of rotatable bonds is 17. The van der Waals surface area contributed by atoms with E-state index in [1.165, 1.54) is 125 Å². The van der Waals surface area contributed by atoms with Crippen LogP contribution in [-0.4, -0.2) is 0 Å².